The molecule has 3 amide bonds. The van der Waals surface area contributed by atoms with Crippen molar-refractivity contribution in [3.63, 3.8) is 0 Å². The van der Waals surface area contributed by atoms with Gasteiger partial charge in [-0.25, -0.2) is 14.2 Å². The quantitative estimate of drug-likeness (QED) is 0.415. The first-order valence-corrected chi connectivity index (χ1v) is 13.4. The lowest BCUT2D eigenvalue weighted by atomic mass is 9.82. The summed E-state index contributed by atoms with van der Waals surface area (Å²) < 4.78 is 16.5. The fraction of sp³-hybridized carbons (Fsp3) is 0.357. The van der Waals surface area contributed by atoms with E-state index in [1.54, 1.807) is 26.2 Å². The molecule has 1 saturated heterocycles. The molecule has 1 aromatic heterocycles. The third kappa shape index (κ3) is 5.33. The molecule has 0 unspecified atom stereocenters. The number of urea groups is 1. The number of hydrogen-bond donors (Lipinski definition) is 3. The van der Waals surface area contributed by atoms with Crippen LogP contribution in [0.2, 0.25) is 5.02 Å². The van der Waals surface area contributed by atoms with Crippen LogP contribution in [-0.2, 0) is 11.2 Å². The van der Waals surface area contributed by atoms with E-state index in [9.17, 15) is 14.7 Å². The van der Waals surface area contributed by atoms with Gasteiger partial charge in [0.1, 0.15) is 11.3 Å². The molecule has 1 fully saturated rings. The number of aliphatic hydroxyl groups excluding tert-OH is 1. The van der Waals surface area contributed by atoms with Crippen molar-refractivity contribution in [1.29, 1.82) is 0 Å². The van der Waals surface area contributed by atoms with Crippen molar-refractivity contribution in [2.45, 2.75) is 18.8 Å². The maximum Gasteiger partial charge on any atom is 0.314 e. The normalized spacial score (nSPS) is 16.9. The summed E-state index contributed by atoms with van der Waals surface area (Å²) in [6, 6.07) is 8.72. The molecule has 0 spiro atoms. The number of hydrogen-bond acceptors (Lipinski definition) is 7. The minimum absolute atomic E-state index is 0.0686. The van der Waals surface area contributed by atoms with E-state index in [1.165, 1.54) is 9.80 Å². The van der Waals surface area contributed by atoms with Crippen LogP contribution in [0.5, 0.6) is 0 Å². The zero-order chi connectivity index (χ0) is 28.6. The molecule has 4 N–H and O–H groups in total. The second kappa shape index (κ2) is 11.2. The first-order chi connectivity index (χ1) is 19.1. The number of piperazine rings is 1. The summed E-state index contributed by atoms with van der Waals surface area (Å²) in [6.07, 6.45) is 2.19. The van der Waals surface area contributed by atoms with Crippen LogP contribution < -0.4 is 16.0 Å². The van der Waals surface area contributed by atoms with Gasteiger partial charge in [-0.3, -0.25) is 4.79 Å². The number of rotatable bonds is 6. The number of anilines is 2. The Kier molecular flexibility index (Phi) is 7.66. The number of allylic oxidation sites excluding steroid dienone is 2. The van der Waals surface area contributed by atoms with Crippen molar-refractivity contribution < 1.29 is 19.1 Å². The monoisotopic (exact) mass is 567 g/mol. The highest BCUT2D eigenvalue weighted by Gasteiger charge is 2.30. The number of nitrogens with two attached hydrogens (primary N) is 1. The molecule has 0 bridgehead atoms. The number of benzene rings is 2. The van der Waals surface area contributed by atoms with E-state index in [0.717, 1.165) is 11.1 Å². The standard InChI is InChI=1S/C28H31ClFN7O3/c1-35(2)22(39)7-8-32-28-33-25-20(26(34-28)36-9-11-37(12-10-36)27(31)40)15-21(29)23(24(25)30)19-14-17(38)13-16-5-3-4-6-18(16)19/h3-6,14-15,19,38H,7-13H2,1-2H3,(H2,31,40)(H,32,33,34)/t19-/m1/s1. The van der Waals surface area contributed by atoms with Gasteiger partial charge in [-0.2, -0.15) is 4.98 Å². The molecule has 2 aromatic carbocycles. The fourth-order valence-corrected chi connectivity index (χ4v) is 5.53. The Morgan fingerprint density at radius 2 is 1.93 bits per heavy atom. The van der Waals surface area contributed by atoms with Crippen molar-refractivity contribution in [2.75, 3.05) is 57.0 Å². The largest absolute Gasteiger partial charge is 0.512 e. The van der Waals surface area contributed by atoms with Crippen molar-refractivity contribution in [3.05, 3.63) is 69.7 Å². The molecular formula is C28H31ClFN7O3. The summed E-state index contributed by atoms with van der Waals surface area (Å²) in [4.78, 5) is 37.9. The van der Waals surface area contributed by atoms with Gasteiger partial charge in [-0.1, -0.05) is 35.9 Å². The number of aromatic nitrogens is 2. The van der Waals surface area contributed by atoms with Crippen LogP contribution in [-0.4, -0.2) is 83.6 Å². The van der Waals surface area contributed by atoms with Gasteiger partial charge >= 0.3 is 6.03 Å². The highest BCUT2D eigenvalue weighted by molar-refractivity contribution is 6.32. The number of fused-ring (bicyclic) bond motifs is 2. The molecule has 1 aliphatic heterocycles. The van der Waals surface area contributed by atoms with Crippen LogP contribution in [0, 0.1) is 5.82 Å². The van der Waals surface area contributed by atoms with Crippen molar-refractivity contribution in [3.8, 4) is 0 Å². The summed E-state index contributed by atoms with van der Waals surface area (Å²) in [7, 11) is 3.35. The number of amides is 3. The number of primary amides is 1. The average molecular weight is 568 g/mol. The van der Waals surface area contributed by atoms with Crippen molar-refractivity contribution in [2.24, 2.45) is 5.73 Å². The number of carbonyl (C=O) groups is 2. The minimum atomic E-state index is -0.611. The third-order valence-electron chi connectivity index (χ3n) is 7.34. The van der Waals surface area contributed by atoms with Gasteiger partial charge in [0.25, 0.3) is 0 Å². The van der Waals surface area contributed by atoms with Crippen LogP contribution in [0.4, 0.5) is 21.0 Å². The zero-order valence-corrected chi connectivity index (χ0v) is 23.1. The maximum absolute atomic E-state index is 16.5. The van der Waals surface area contributed by atoms with Gasteiger partial charge in [0.2, 0.25) is 11.9 Å². The number of aliphatic hydroxyl groups is 1. The lowest BCUT2D eigenvalue weighted by Gasteiger charge is -2.35. The first-order valence-electron chi connectivity index (χ1n) is 13.0. The van der Waals surface area contributed by atoms with E-state index in [2.05, 4.69) is 15.3 Å². The zero-order valence-electron chi connectivity index (χ0n) is 22.3. The van der Waals surface area contributed by atoms with Crippen LogP contribution in [0.25, 0.3) is 10.9 Å². The smallest absolute Gasteiger partial charge is 0.314 e. The Morgan fingerprint density at radius 1 is 1.20 bits per heavy atom. The van der Waals surface area contributed by atoms with Crippen molar-refractivity contribution >= 4 is 46.2 Å². The predicted octanol–water partition coefficient (Wildman–Crippen LogP) is 3.64. The van der Waals surface area contributed by atoms with E-state index < -0.39 is 17.8 Å². The minimum Gasteiger partial charge on any atom is -0.512 e. The summed E-state index contributed by atoms with van der Waals surface area (Å²) >= 11 is 6.77. The van der Waals surface area contributed by atoms with E-state index in [0.29, 0.717) is 43.8 Å². The van der Waals surface area contributed by atoms with Crippen molar-refractivity contribution in [1.82, 2.24) is 19.8 Å². The average Bonchev–Trinajstić information content (AvgIpc) is 2.93. The highest BCUT2D eigenvalue weighted by Crippen LogP contribution is 2.42. The molecule has 40 heavy (non-hydrogen) atoms. The summed E-state index contributed by atoms with van der Waals surface area (Å²) in [5, 5.41) is 14.1. The molecule has 3 aromatic rings. The first kappa shape index (κ1) is 27.4. The molecular weight excluding hydrogens is 537 g/mol. The number of halogens is 2. The van der Waals surface area contributed by atoms with Gasteiger partial charge in [-0.15, -0.1) is 0 Å². The second-order valence-corrected chi connectivity index (χ2v) is 10.5. The molecule has 12 heteroatoms. The molecule has 2 heterocycles. The second-order valence-electron chi connectivity index (χ2n) is 10.1. The Balaban J connectivity index is 1.60. The van der Waals surface area contributed by atoms with Gasteiger partial charge in [0.05, 0.1) is 5.76 Å². The Bertz CT molecular complexity index is 1500. The predicted molar refractivity (Wildman–Crippen MR) is 152 cm³/mol. The molecule has 1 atom stereocenters. The highest BCUT2D eigenvalue weighted by atomic mass is 35.5. The van der Waals surface area contributed by atoms with Crippen LogP contribution in [0.15, 0.2) is 42.2 Å². The maximum atomic E-state index is 16.5. The Labute approximate surface area is 236 Å². The Hall–Kier alpha value is -4.12. The summed E-state index contributed by atoms with van der Waals surface area (Å²) in [5.74, 6) is -0.512. The molecule has 210 valence electrons. The summed E-state index contributed by atoms with van der Waals surface area (Å²) in [5.41, 5.74) is 7.49. The molecule has 10 nitrogen and oxygen atoms in total. The topological polar surface area (TPSA) is 128 Å². The third-order valence-corrected chi connectivity index (χ3v) is 7.65. The van der Waals surface area contributed by atoms with E-state index in [-0.39, 0.29) is 46.7 Å². The summed E-state index contributed by atoms with van der Waals surface area (Å²) in [6.45, 7) is 1.89. The van der Waals surface area contributed by atoms with E-state index in [1.807, 2.05) is 29.2 Å². The van der Waals surface area contributed by atoms with Crippen LogP contribution in [0.1, 0.15) is 29.0 Å². The van der Waals surface area contributed by atoms with Gasteiger partial charge in [-0.05, 0) is 23.3 Å². The van der Waals surface area contributed by atoms with Crippen LogP contribution >= 0.6 is 11.6 Å². The lowest BCUT2D eigenvalue weighted by Crippen LogP contribution is -2.50. The molecule has 0 radical (unpaired) electrons. The molecule has 5 rings (SSSR count). The lowest BCUT2D eigenvalue weighted by molar-refractivity contribution is -0.128. The van der Waals surface area contributed by atoms with E-state index >= 15 is 4.39 Å². The van der Waals surface area contributed by atoms with Gasteiger partial charge in [0.15, 0.2) is 5.82 Å². The van der Waals surface area contributed by atoms with Gasteiger partial charge < -0.3 is 30.9 Å². The van der Waals surface area contributed by atoms with Gasteiger partial charge in [0, 0.05) is 81.6 Å². The molecule has 2 aliphatic rings. The van der Waals surface area contributed by atoms with Crippen LogP contribution in [0.3, 0.4) is 0 Å². The fourth-order valence-electron chi connectivity index (χ4n) is 5.22. The number of carbonyl (C=O) groups excluding carboxylic acids is 2. The number of nitrogens with one attached hydrogen (secondary N) is 1. The Morgan fingerprint density at radius 3 is 2.62 bits per heavy atom. The molecule has 0 saturated carbocycles. The van der Waals surface area contributed by atoms with E-state index in [4.69, 9.17) is 17.3 Å². The SMILES string of the molecule is CN(C)C(=O)CCNc1nc(N2CCN(C(N)=O)CC2)c2cc(Cl)c([C@@H]3C=C(O)Cc4ccccc43)c(F)c2n1. The molecule has 1 aliphatic carbocycles. The number of nitrogens with zero attached hydrogens (tertiary/aromatic N) is 5.